The number of aromatic nitrogens is 1. The Labute approximate surface area is 105 Å². The summed E-state index contributed by atoms with van der Waals surface area (Å²) in [5.41, 5.74) is 6.59. The number of benzene rings is 1. The Hall–Kier alpha value is -2.10. The molecule has 4 heteroatoms. The molecule has 0 unspecified atom stereocenters. The summed E-state index contributed by atoms with van der Waals surface area (Å²) in [5.74, 6) is 0.581. The number of hydrogen-bond donors (Lipinski definition) is 1. The molecule has 2 rings (SSSR count). The van der Waals surface area contributed by atoms with Crippen LogP contribution in [-0.2, 0) is 0 Å². The summed E-state index contributed by atoms with van der Waals surface area (Å²) in [7, 11) is 0. The van der Waals surface area contributed by atoms with E-state index in [-0.39, 0.29) is 11.9 Å². The van der Waals surface area contributed by atoms with Gasteiger partial charge in [-0.2, -0.15) is 0 Å². The van der Waals surface area contributed by atoms with Gasteiger partial charge >= 0.3 is 0 Å². The minimum absolute atomic E-state index is 0.0210. The molecule has 1 aromatic carbocycles. The van der Waals surface area contributed by atoms with Gasteiger partial charge in [-0.25, -0.2) is 9.37 Å². The zero-order valence-electron chi connectivity index (χ0n) is 10.4. The molecule has 0 saturated carbocycles. The lowest BCUT2D eigenvalue weighted by atomic mass is 10.1. The Kier molecular flexibility index (Phi) is 3.46. The lowest BCUT2D eigenvalue weighted by Gasteiger charge is -2.14. The van der Waals surface area contributed by atoms with Crippen LogP contribution < -0.4 is 10.5 Å². The predicted molar refractivity (Wildman–Crippen MR) is 69.8 cm³/mol. The van der Waals surface area contributed by atoms with Crippen LogP contribution in [0.15, 0.2) is 36.5 Å². The summed E-state index contributed by atoms with van der Waals surface area (Å²) < 4.78 is 19.6. The first kappa shape index (κ1) is 12.4. The Morgan fingerprint density at radius 2 is 2.00 bits per heavy atom. The van der Waals surface area contributed by atoms with Crippen molar-refractivity contribution in [1.82, 2.24) is 4.98 Å². The average Bonchev–Trinajstić information content (AvgIpc) is 2.30. The number of nitrogen functional groups attached to an aromatic ring is 1. The van der Waals surface area contributed by atoms with Crippen molar-refractivity contribution >= 4 is 5.82 Å². The van der Waals surface area contributed by atoms with E-state index in [1.54, 1.807) is 30.5 Å². The van der Waals surface area contributed by atoms with Gasteiger partial charge in [-0.3, -0.25) is 0 Å². The molecule has 0 atom stereocenters. The van der Waals surface area contributed by atoms with Crippen LogP contribution >= 0.6 is 0 Å². The molecule has 0 aliphatic rings. The maximum atomic E-state index is 13.9. The summed E-state index contributed by atoms with van der Waals surface area (Å²) in [6, 6.07) is 8.14. The molecule has 0 aliphatic carbocycles. The summed E-state index contributed by atoms with van der Waals surface area (Å²) >= 11 is 0. The van der Waals surface area contributed by atoms with E-state index in [1.165, 1.54) is 6.07 Å². The molecule has 0 saturated heterocycles. The number of pyridine rings is 1. The molecule has 94 valence electrons. The lowest BCUT2D eigenvalue weighted by Crippen LogP contribution is -2.07. The molecule has 0 amide bonds. The third kappa shape index (κ3) is 2.59. The number of nitrogens with zero attached hydrogens (tertiary/aromatic N) is 1. The molecular formula is C14H15FN2O. The number of hydrogen-bond acceptors (Lipinski definition) is 3. The van der Waals surface area contributed by atoms with E-state index < -0.39 is 0 Å². The lowest BCUT2D eigenvalue weighted by molar-refractivity contribution is 0.242. The molecular weight excluding hydrogens is 231 g/mol. The van der Waals surface area contributed by atoms with E-state index in [0.717, 1.165) is 0 Å². The fourth-order valence-electron chi connectivity index (χ4n) is 1.69. The monoisotopic (exact) mass is 246 g/mol. The van der Waals surface area contributed by atoms with Crippen LogP contribution in [0.25, 0.3) is 11.1 Å². The smallest absolute Gasteiger partial charge is 0.134 e. The van der Waals surface area contributed by atoms with E-state index in [0.29, 0.717) is 22.7 Å². The first-order chi connectivity index (χ1) is 8.58. The van der Waals surface area contributed by atoms with Crippen molar-refractivity contribution in [2.24, 2.45) is 0 Å². The zero-order chi connectivity index (χ0) is 13.1. The van der Waals surface area contributed by atoms with Gasteiger partial charge in [-0.1, -0.05) is 6.07 Å². The first-order valence-electron chi connectivity index (χ1n) is 5.75. The van der Waals surface area contributed by atoms with Crippen molar-refractivity contribution in [3.63, 3.8) is 0 Å². The fourth-order valence-corrected chi connectivity index (χ4v) is 1.69. The number of halogens is 1. The van der Waals surface area contributed by atoms with Crippen LogP contribution in [0.2, 0.25) is 0 Å². The van der Waals surface area contributed by atoms with Crippen LogP contribution in [0, 0.1) is 5.82 Å². The van der Waals surface area contributed by atoms with Gasteiger partial charge in [0.25, 0.3) is 0 Å². The van der Waals surface area contributed by atoms with Crippen LogP contribution in [0.3, 0.4) is 0 Å². The van der Waals surface area contributed by atoms with Crippen molar-refractivity contribution in [2.45, 2.75) is 20.0 Å². The maximum Gasteiger partial charge on any atom is 0.134 e. The topological polar surface area (TPSA) is 48.1 Å². The third-order valence-electron chi connectivity index (χ3n) is 2.41. The Morgan fingerprint density at radius 1 is 1.22 bits per heavy atom. The molecule has 0 bridgehead atoms. The van der Waals surface area contributed by atoms with Crippen LogP contribution in [0.4, 0.5) is 10.2 Å². The highest BCUT2D eigenvalue weighted by atomic mass is 19.1. The van der Waals surface area contributed by atoms with Gasteiger partial charge in [0.1, 0.15) is 17.4 Å². The Balaban J connectivity index is 2.51. The van der Waals surface area contributed by atoms with Crippen LogP contribution in [0.5, 0.6) is 5.75 Å². The van der Waals surface area contributed by atoms with Crippen molar-refractivity contribution in [3.05, 3.63) is 42.3 Å². The number of nitrogens with two attached hydrogens (primary N) is 1. The normalized spacial score (nSPS) is 10.7. The summed E-state index contributed by atoms with van der Waals surface area (Å²) in [5, 5.41) is 0. The number of ether oxygens (including phenoxy) is 1. The SMILES string of the molecule is CC(C)Oc1cccc(F)c1-c1ccc(N)nc1. The van der Waals surface area contributed by atoms with Gasteiger partial charge < -0.3 is 10.5 Å². The van der Waals surface area contributed by atoms with Gasteiger partial charge in [0.2, 0.25) is 0 Å². The second kappa shape index (κ2) is 5.04. The number of rotatable bonds is 3. The van der Waals surface area contributed by atoms with E-state index in [9.17, 15) is 4.39 Å². The fraction of sp³-hybridized carbons (Fsp3) is 0.214. The van der Waals surface area contributed by atoms with Gasteiger partial charge in [0.15, 0.2) is 0 Å². The van der Waals surface area contributed by atoms with Crippen molar-refractivity contribution in [3.8, 4) is 16.9 Å². The third-order valence-corrected chi connectivity index (χ3v) is 2.41. The molecule has 18 heavy (non-hydrogen) atoms. The summed E-state index contributed by atoms with van der Waals surface area (Å²) in [4.78, 5) is 3.97. The van der Waals surface area contributed by atoms with Gasteiger partial charge in [0.05, 0.1) is 11.7 Å². The molecule has 0 aliphatic heterocycles. The molecule has 3 nitrogen and oxygen atoms in total. The van der Waals surface area contributed by atoms with Crippen molar-refractivity contribution in [1.29, 1.82) is 0 Å². The second-order valence-corrected chi connectivity index (χ2v) is 4.25. The van der Waals surface area contributed by atoms with Gasteiger partial charge in [-0.15, -0.1) is 0 Å². The van der Waals surface area contributed by atoms with Crippen molar-refractivity contribution < 1.29 is 9.13 Å². The molecule has 1 aromatic heterocycles. The first-order valence-corrected chi connectivity index (χ1v) is 5.75. The Bertz CT molecular complexity index is 538. The van der Waals surface area contributed by atoms with Gasteiger partial charge in [-0.05, 0) is 38.1 Å². The molecule has 2 aromatic rings. The summed E-state index contributed by atoms with van der Waals surface area (Å²) in [6.07, 6.45) is 1.52. The molecule has 0 fully saturated rings. The highest BCUT2D eigenvalue weighted by Crippen LogP contribution is 2.33. The minimum Gasteiger partial charge on any atom is -0.490 e. The maximum absolute atomic E-state index is 13.9. The average molecular weight is 246 g/mol. The summed E-state index contributed by atoms with van der Waals surface area (Å²) in [6.45, 7) is 3.80. The van der Waals surface area contributed by atoms with Crippen molar-refractivity contribution in [2.75, 3.05) is 5.73 Å². The second-order valence-electron chi connectivity index (χ2n) is 4.25. The molecule has 1 heterocycles. The highest BCUT2D eigenvalue weighted by molar-refractivity contribution is 5.71. The minimum atomic E-state index is -0.334. The van der Waals surface area contributed by atoms with Crippen LogP contribution in [-0.4, -0.2) is 11.1 Å². The quantitative estimate of drug-likeness (QED) is 0.904. The van der Waals surface area contributed by atoms with E-state index in [2.05, 4.69) is 4.98 Å². The van der Waals surface area contributed by atoms with E-state index in [4.69, 9.17) is 10.5 Å². The largest absolute Gasteiger partial charge is 0.490 e. The molecule has 2 N–H and O–H groups in total. The zero-order valence-corrected chi connectivity index (χ0v) is 10.4. The number of anilines is 1. The van der Waals surface area contributed by atoms with E-state index in [1.807, 2.05) is 13.8 Å². The Morgan fingerprint density at radius 3 is 2.61 bits per heavy atom. The van der Waals surface area contributed by atoms with E-state index >= 15 is 0 Å². The predicted octanol–water partition coefficient (Wildman–Crippen LogP) is 3.26. The molecule has 0 radical (unpaired) electrons. The van der Waals surface area contributed by atoms with Crippen LogP contribution in [0.1, 0.15) is 13.8 Å². The standard InChI is InChI=1S/C14H15FN2O/c1-9(2)18-12-5-3-4-11(15)14(12)10-6-7-13(16)17-8-10/h3-9H,1-2H3,(H2,16,17). The molecule has 0 spiro atoms. The highest BCUT2D eigenvalue weighted by Gasteiger charge is 2.13. The van der Waals surface area contributed by atoms with Gasteiger partial charge in [0, 0.05) is 11.8 Å².